The zero-order valence-electron chi connectivity index (χ0n) is 13.0. The highest BCUT2D eigenvalue weighted by Crippen LogP contribution is 2.28. The van der Waals surface area contributed by atoms with E-state index in [0.29, 0.717) is 5.15 Å². The van der Waals surface area contributed by atoms with Crippen LogP contribution in [0, 0.1) is 0 Å². The lowest BCUT2D eigenvalue weighted by Crippen LogP contribution is -2.46. The summed E-state index contributed by atoms with van der Waals surface area (Å²) in [7, 11) is 3.68. The molecule has 0 saturated carbocycles. The minimum atomic E-state index is 0.683. The fraction of sp³-hybridized carbons (Fsp3) is 0.438. The standard InChI is InChI=1S/C16H21ClN4O/c1-19-15(17)11-18-16(19)12-20-7-9-21(10-8-20)13-5-3-4-6-14(13)22-2/h3-6,11H,7-10,12H2,1-2H3. The molecular formula is C16H21ClN4O. The second-order valence-electron chi connectivity index (χ2n) is 5.49. The van der Waals surface area contributed by atoms with E-state index in [-0.39, 0.29) is 0 Å². The van der Waals surface area contributed by atoms with Gasteiger partial charge in [0.1, 0.15) is 16.7 Å². The molecule has 1 fully saturated rings. The summed E-state index contributed by atoms with van der Waals surface area (Å²) in [5, 5.41) is 0.683. The van der Waals surface area contributed by atoms with Gasteiger partial charge < -0.3 is 14.2 Å². The van der Waals surface area contributed by atoms with Crippen molar-refractivity contribution in [1.82, 2.24) is 14.5 Å². The molecule has 0 N–H and O–H groups in total. The number of anilines is 1. The fourth-order valence-corrected chi connectivity index (χ4v) is 2.96. The van der Waals surface area contributed by atoms with Crippen molar-refractivity contribution in [2.24, 2.45) is 7.05 Å². The van der Waals surface area contributed by atoms with Crippen molar-refractivity contribution >= 4 is 17.3 Å². The molecule has 0 amide bonds. The van der Waals surface area contributed by atoms with Crippen LogP contribution >= 0.6 is 11.6 Å². The second-order valence-corrected chi connectivity index (χ2v) is 5.88. The van der Waals surface area contributed by atoms with Gasteiger partial charge in [-0.25, -0.2) is 4.98 Å². The van der Waals surface area contributed by atoms with Crippen molar-refractivity contribution in [3.8, 4) is 5.75 Å². The van der Waals surface area contributed by atoms with E-state index in [9.17, 15) is 0 Å². The Bertz CT molecular complexity index is 635. The van der Waals surface area contributed by atoms with Crippen molar-refractivity contribution < 1.29 is 4.74 Å². The Morgan fingerprint density at radius 1 is 1.18 bits per heavy atom. The molecule has 1 aromatic carbocycles. The zero-order chi connectivity index (χ0) is 15.5. The van der Waals surface area contributed by atoms with E-state index < -0.39 is 0 Å². The molecule has 2 heterocycles. The van der Waals surface area contributed by atoms with E-state index in [1.54, 1.807) is 13.3 Å². The Labute approximate surface area is 136 Å². The molecule has 6 heteroatoms. The van der Waals surface area contributed by atoms with Gasteiger partial charge in [-0.15, -0.1) is 0 Å². The van der Waals surface area contributed by atoms with Crippen molar-refractivity contribution in [3.63, 3.8) is 0 Å². The van der Waals surface area contributed by atoms with Gasteiger partial charge in [-0.05, 0) is 12.1 Å². The van der Waals surface area contributed by atoms with Gasteiger partial charge in [0.05, 0.1) is 25.5 Å². The summed E-state index contributed by atoms with van der Waals surface area (Å²) in [6, 6.07) is 8.19. The van der Waals surface area contributed by atoms with Crippen LogP contribution in [0.5, 0.6) is 5.75 Å². The lowest BCUT2D eigenvalue weighted by Gasteiger charge is -2.36. The van der Waals surface area contributed by atoms with E-state index in [1.807, 2.05) is 23.7 Å². The molecular weight excluding hydrogens is 300 g/mol. The fourth-order valence-electron chi connectivity index (χ4n) is 2.81. The number of methoxy groups -OCH3 is 1. The second kappa shape index (κ2) is 6.58. The first-order valence-corrected chi connectivity index (χ1v) is 7.83. The number of rotatable bonds is 4. The lowest BCUT2D eigenvalue weighted by atomic mass is 10.2. The average molecular weight is 321 g/mol. The van der Waals surface area contributed by atoms with Crippen LogP contribution in [0.2, 0.25) is 5.15 Å². The number of imidazole rings is 1. The molecule has 0 spiro atoms. The third-order valence-corrected chi connectivity index (χ3v) is 4.54. The Balaban J connectivity index is 1.62. The van der Waals surface area contributed by atoms with E-state index in [4.69, 9.17) is 16.3 Å². The number of para-hydroxylation sites is 2. The van der Waals surface area contributed by atoms with Gasteiger partial charge in [0.25, 0.3) is 0 Å². The van der Waals surface area contributed by atoms with E-state index in [0.717, 1.165) is 44.3 Å². The molecule has 0 unspecified atom stereocenters. The zero-order valence-corrected chi connectivity index (χ0v) is 13.8. The smallest absolute Gasteiger partial charge is 0.142 e. The van der Waals surface area contributed by atoms with Crippen LogP contribution in [-0.2, 0) is 13.6 Å². The van der Waals surface area contributed by atoms with Gasteiger partial charge in [-0.1, -0.05) is 23.7 Å². The number of nitrogens with zero attached hydrogens (tertiary/aromatic N) is 4. The normalized spacial score (nSPS) is 16.0. The third kappa shape index (κ3) is 3.05. The van der Waals surface area contributed by atoms with Crippen LogP contribution in [0.4, 0.5) is 5.69 Å². The number of aromatic nitrogens is 2. The summed E-state index contributed by atoms with van der Waals surface area (Å²) in [6.07, 6.45) is 1.71. The number of hydrogen-bond acceptors (Lipinski definition) is 4. The van der Waals surface area contributed by atoms with Crippen LogP contribution in [0.3, 0.4) is 0 Å². The molecule has 5 nitrogen and oxygen atoms in total. The van der Waals surface area contributed by atoms with Gasteiger partial charge in [0.15, 0.2) is 0 Å². The summed E-state index contributed by atoms with van der Waals surface area (Å²) in [6.45, 7) is 4.81. The van der Waals surface area contributed by atoms with Crippen LogP contribution in [0.1, 0.15) is 5.82 Å². The number of halogens is 1. The van der Waals surface area contributed by atoms with Crippen LogP contribution in [0.15, 0.2) is 30.5 Å². The molecule has 0 atom stereocenters. The lowest BCUT2D eigenvalue weighted by molar-refractivity contribution is 0.241. The Morgan fingerprint density at radius 2 is 1.91 bits per heavy atom. The van der Waals surface area contributed by atoms with Crippen molar-refractivity contribution in [3.05, 3.63) is 41.4 Å². The Morgan fingerprint density at radius 3 is 2.55 bits per heavy atom. The first kappa shape index (κ1) is 15.2. The van der Waals surface area contributed by atoms with E-state index >= 15 is 0 Å². The first-order chi connectivity index (χ1) is 10.7. The maximum Gasteiger partial charge on any atom is 0.142 e. The minimum Gasteiger partial charge on any atom is -0.495 e. The molecule has 3 rings (SSSR count). The highest BCUT2D eigenvalue weighted by atomic mass is 35.5. The van der Waals surface area contributed by atoms with Gasteiger partial charge in [-0.2, -0.15) is 0 Å². The average Bonchev–Trinajstić information content (AvgIpc) is 2.87. The van der Waals surface area contributed by atoms with Crippen LogP contribution in [-0.4, -0.2) is 47.7 Å². The monoisotopic (exact) mass is 320 g/mol. The Hall–Kier alpha value is -1.72. The van der Waals surface area contributed by atoms with E-state index in [1.165, 1.54) is 5.69 Å². The predicted octanol–water partition coefficient (Wildman–Crippen LogP) is 2.40. The van der Waals surface area contributed by atoms with Crippen molar-refractivity contribution in [1.29, 1.82) is 0 Å². The SMILES string of the molecule is COc1ccccc1N1CCN(Cc2ncc(Cl)n2C)CC1. The highest BCUT2D eigenvalue weighted by Gasteiger charge is 2.20. The molecule has 1 aliphatic heterocycles. The molecule has 0 bridgehead atoms. The van der Waals surface area contributed by atoms with Crippen LogP contribution in [0.25, 0.3) is 0 Å². The predicted molar refractivity (Wildman–Crippen MR) is 88.7 cm³/mol. The largest absolute Gasteiger partial charge is 0.495 e. The van der Waals surface area contributed by atoms with Gasteiger partial charge in [0.2, 0.25) is 0 Å². The number of hydrogen-bond donors (Lipinski definition) is 0. The summed E-state index contributed by atoms with van der Waals surface area (Å²) in [5.41, 5.74) is 1.17. The third-order valence-electron chi connectivity index (χ3n) is 4.19. The van der Waals surface area contributed by atoms with Gasteiger partial charge in [0, 0.05) is 33.2 Å². The molecule has 1 aromatic heterocycles. The molecule has 0 aliphatic carbocycles. The summed E-state index contributed by atoms with van der Waals surface area (Å²) in [5.74, 6) is 1.95. The molecule has 2 aromatic rings. The first-order valence-electron chi connectivity index (χ1n) is 7.45. The summed E-state index contributed by atoms with van der Waals surface area (Å²) >= 11 is 6.04. The number of ether oxygens (including phenoxy) is 1. The molecule has 22 heavy (non-hydrogen) atoms. The highest BCUT2D eigenvalue weighted by molar-refractivity contribution is 6.29. The van der Waals surface area contributed by atoms with Gasteiger partial charge >= 0.3 is 0 Å². The minimum absolute atomic E-state index is 0.683. The molecule has 1 saturated heterocycles. The molecule has 1 aliphatic rings. The van der Waals surface area contributed by atoms with Crippen molar-refractivity contribution in [2.75, 3.05) is 38.2 Å². The molecule has 0 radical (unpaired) electrons. The van der Waals surface area contributed by atoms with Gasteiger partial charge in [-0.3, -0.25) is 4.90 Å². The quantitative estimate of drug-likeness (QED) is 0.866. The number of piperazine rings is 1. The topological polar surface area (TPSA) is 33.5 Å². The van der Waals surface area contributed by atoms with Crippen molar-refractivity contribution in [2.45, 2.75) is 6.54 Å². The molecule has 118 valence electrons. The van der Waals surface area contributed by atoms with Crippen LogP contribution < -0.4 is 9.64 Å². The number of benzene rings is 1. The van der Waals surface area contributed by atoms with E-state index in [2.05, 4.69) is 26.9 Å². The summed E-state index contributed by atoms with van der Waals surface area (Å²) < 4.78 is 7.39. The maximum absolute atomic E-state index is 6.04. The maximum atomic E-state index is 6.04. The summed E-state index contributed by atoms with van der Waals surface area (Å²) in [4.78, 5) is 9.15. The Kier molecular flexibility index (Phi) is 4.55.